The molecule has 1 aliphatic heterocycles. The zero-order chi connectivity index (χ0) is 19.2. The average Bonchev–Trinajstić information content (AvgIpc) is 3.01. The Bertz CT molecular complexity index is 716. The maximum atomic E-state index is 15.4. The number of likely N-dealkylation sites (tertiary alicyclic amines) is 1. The van der Waals surface area contributed by atoms with E-state index in [1.807, 2.05) is 0 Å². The van der Waals surface area contributed by atoms with E-state index >= 15 is 4.39 Å². The number of ether oxygens (including phenoxy) is 1. The Labute approximate surface area is 152 Å². The normalized spacial score (nSPS) is 19.4. The van der Waals surface area contributed by atoms with Gasteiger partial charge >= 0.3 is 6.09 Å². The van der Waals surface area contributed by atoms with Crippen molar-refractivity contribution in [2.24, 2.45) is 0 Å². The van der Waals surface area contributed by atoms with E-state index in [4.69, 9.17) is 4.74 Å². The summed E-state index contributed by atoms with van der Waals surface area (Å²) < 4.78 is 20.3. The first-order valence-corrected chi connectivity index (χ1v) is 8.50. The molecule has 2 rings (SSSR count). The number of carbonyl (C=O) groups is 3. The largest absolute Gasteiger partial charge is 0.449 e. The number of amides is 2. The van der Waals surface area contributed by atoms with Crippen molar-refractivity contribution in [2.75, 3.05) is 6.61 Å². The van der Waals surface area contributed by atoms with Crippen LogP contribution in [0.1, 0.15) is 31.7 Å². The van der Waals surface area contributed by atoms with Gasteiger partial charge < -0.3 is 4.74 Å². The van der Waals surface area contributed by atoms with Crippen molar-refractivity contribution in [3.63, 3.8) is 0 Å². The predicted octanol–water partition coefficient (Wildman–Crippen LogP) is 3.70. The number of carbonyl (C=O) groups excluding carboxylic acids is 3. The fourth-order valence-corrected chi connectivity index (χ4v) is 2.91. The highest BCUT2D eigenvalue weighted by molar-refractivity contribution is 5.98. The summed E-state index contributed by atoms with van der Waals surface area (Å²) in [6.07, 6.45) is 3.46. The van der Waals surface area contributed by atoms with Crippen LogP contribution in [0.5, 0.6) is 0 Å². The molecule has 2 amide bonds. The van der Waals surface area contributed by atoms with E-state index in [1.54, 1.807) is 37.3 Å². The molecule has 1 aliphatic rings. The molecule has 26 heavy (non-hydrogen) atoms. The minimum atomic E-state index is -2.24. The van der Waals surface area contributed by atoms with Gasteiger partial charge in [0.2, 0.25) is 11.6 Å². The molecular weight excluding hydrogens is 337 g/mol. The van der Waals surface area contributed by atoms with E-state index in [0.717, 1.165) is 11.0 Å². The molecule has 1 saturated heterocycles. The maximum absolute atomic E-state index is 15.4. The van der Waals surface area contributed by atoms with Crippen LogP contribution in [0.25, 0.3) is 0 Å². The van der Waals surface area contributed by atoms with Gasteiger partial charge in [0.05, 0.1) is 12.6 Å². The molecule has 0 saturated carbocycles. The molecule has 2 atom stereocenters. The van der Waals surface area contributed by atoms with Crippen LogP contribution in [-0.4, -0.2) is 35.3 Å². The quantitative estimate of drug-likeness (QED) is 0.550. The summed E-state index contributed by atoms with van der Waals surface area (Å²) in [6.45, 7) is 5.30. The zero-order valence-corrected chi connectivity index (χ0v) is 14.7. The van der Waals surface area contributed by atoms with E-state index < -0.39 is 23.6 Å². The number of hydrogen-bond donors (Lipinski definition) is 0. The van der Waals surface area contributed by atoms with Crippen LogP contribution in [0.4, 0.5) is 9.18 Å². The van der Waals surface area contributed by atoms with Gasteiger partial charge in [0, 0.05) is 12.8 Å². The summed E-state index contributed by atoms with van der Waals surface area (Å²) in [7, 11) is 0. The third-order valence-corrected chi connectivity index (χ3v) is 4.24. The Morgan fingerprint density at radius 1 is 1.38 bits per heavy atom. The standard InChI is InChI=1S/C20H22FNO4/c1-3-14-20(21,15-8-6-5-7-9-15)17(23)12-10-16-11-13-18(24)22(16)19(25)26-4-2/h3,5-10,12,16H,1,4,11,13-14H2,2H3/b12-10+/t16-,20?/m0/s1. The Morgan fingerprint density at radius 2 is 2.08 bits per heavy atom. The summed E-state index contributed by atoms with van der Waals surface area (Å²) >= 11 is 0. The Balaban J connectivity index is 2.21. The number of benzene rings is 1. The molecular formula is C20H22FNO4. The van der Waals surface area contributed by atoms with Gasteiger partial charge in [0.15, 0.2) is 5.78 Å². The topological polar surface area (TPSA) is 63.7 Å². The highest BCUT2D eigenvalue weighted by Crippen LogP contribution is 2.32. The molecule has 0 bridgehead atoms. The molecule has 1 aromatic rings. The van der Waals surface area contributed by atoms with Gasteiger partial charge in [0.25, 0.3) is 0 Å². The van der Waals surface area contributed by atoms with Crippen LogP contribution >= 0.6 is 0 Å². The van der Waals surface area contributed by atoms with Crippen LogP contribution in [-0.2, 0) is 20.0 Å². The van der Waals surface area contributed by atoms with E-state index in [-0.39, 0.29) is 30.9 Å². The fraction of sp³-hybridized carbons (Fsp3) is 0.350. The maximum Gasteiger partial charge on any atom is 0.417 e. The van der Waals surface area contributed by atoms with Gasteiger partial charge in [0.1, 0.15) is 0 Å². The first kappa shape index (κ1) is 19.6. The summed E-state index contributed by atoms with van der Waals surface area (Å²) in [6, 6.07) is 7.51. The number of imide groups is 1. The van der Waals surface area contributed by atoms with Gasteiger partial charge in [-0.15, -0.1) is 6.58 Å². The van der Waals surface area contributed by atoms with Crippen LogP contribution in [0.3, 0.4) is 0 Å². The lowest BCUT2D eigenvalue weighted by atomic mass is 9.87. The Kier molecular flexibility index (Phi) is 6.44. The van der Waals surface area contributed by atoms with Crippen LogP contribution in [0.15, 0.2) is 55.1 Å². The Morgan fingerprint density at radius 3 is 2.69 bits per heavy atom. The summed E-state index contributed by atoms with van der Waals surface area (Å²) in [4.78, 5) is 37.3. The summed E-state index contributed by atoms with van der Waals surface area (Å²) in [5.41, 5.74) is -2.00. The monoisotopic (exact) mass is 359 g/mol. The average molecular weight is 359 g/mol. The van der Waals surface area contributed by atoms with Crippen molar-refractivity contribution < 1.29 is 23.5 Å². The van der Waals surface area contributed by atoms with Crippen molar-refractivity contribution in [2.45, 2.75) is 37.9 Å². The third-order valence-electron chi connectivity index (χ3n) is 4.24. The molecule has 0 aliphatic carbocycles. The van der Waals surface area contributed by atoms with Gasteiger partial charge in [-0.05, 0) is 25.0 Å². The molecule has 1 unspecified atom stereocenters. The van der Waals surface area contributed by atoms with Crippen LogP contribution < -0.4 is 0 Å². The second-order valence-corrected chi connectivity index (χ2v) is 5.95. The molecule has 5 nitrogen and oxygen atoms in total. The van der Waals surface area contributed by atoms with E-state index in [0.29, 0.717) is 6.42 Å². The number of halogens is 1. The summed E-state index contributed by atoms with van der Waals surface area (Å²) in [5, 5.41) is 0. The highest BCUT2D eigenvalue weighted by atomic mass is 19.1. The smallest absolute Gasteiger partial charge is 0.417 e. The minimum absolute atomic E-state index is 0.138. The predicted molar refractivity (Wildman–Crippen MR) is 95.1 cm³/mol. The number of hydrogen-bond acceptors (Lipinski definition) is 4. The van der Waals surface area contributed by atoms with Crippen molar-refractivity contribution in [1.82, 2.24) is 4.90 Å². The first-order valence-electron chi connectivity index (χ1n) is 8.50. The molecule has 0 spiro atoms. The number of rotatable bonds is 7. The van der Waals surface area contributed by atoms with Gasteiger partial charge in [-0.1, -0.05) is 42.5 Å². The molecule has 0 aromatic heterocycles. The molecule has 0 radical (unpaired) electrons. The number of ketones is 1. The lowest BCUT2D eigenvalue weighted by Crippen LogP contribution is -2.38. The third kappa shape index (κ3) is 4.07. The minimum Gasteiger partial charge on any atom is -0.449 e. The van der Waals surface area contributed by atoms with Gasteiger partial charge in [-0.25, -0.2) is 14.1 Å². The summed E-state index contributed by atoms with van der Waals surface area (Å²) in [5.74, 6) is -1.13. The highest BCUT2D eigenvalue weighted by Gasteiger charge is 2.39. The molecule has 6 heteroatoms. The van der Waals surface area contributed by atoms with Gasteiger partial charge in [-0.3, -0.25) is 9.59 Å². The molecule has 0 N–H and O–H groups in total. The Hall–Kier alpha value is -2.76. The SMILES string of the molecule is C=CCC(F)(C(=O)/C=C/[C@H]1CCC(=O)N1C(=O)OCC)c1ccccc1. The van der Waals surface area contributed by atoms with Crippen molar-refractivity contribution in [3.05, 3.63) is 60.7 Å². The second kappa shape index (κ2) is 8.56. The molecule has 1 fully saturated rings. The first-order chi connectivity index (χ1) is 12.4. The van der Waals surface area contributed by atoms with Crippen LogP contribution in [0.2, 0.25) is 0 Å². The molecule has 1 heterocycles. The number of alkyl halides is 1. The van der Waals surface area contributed by atoms with E-state index in [1.165, 1.54) is 12.2 Å². The second-order valence-electron chi connectivity index (χ2n) is 5.95. The van der Waals surface area contributed by atoms with Crippen molar-refractivity contribution in [1.29, 1.82) is 0 Å². The fourth-order valence-electron chi connectivity index (χ4n) is 2.91. The van der Waals surface area contributed by atoms with Crippen LogP contribution in [0, 0.1) is 0 Å². The molecule has 1 aromatic carbocycles. The lowest BCUT2D eigenvalue weighted by molar-refractivity contribution is -0.127. The zero-order valence-electron chi connectivity index (χ0n) is 14.7. The van der Waals surface area contributed by atoms with Crippen molar-refractivity contribution in [3.8, 4) is 0 Å². The van der Waals surface area contributed by atoms with E-state index in [2.05, 4.69) is 6.58 Å². The number of nitrogens with zero attached hydrogens (tertiary/aromatic N) is 1. The molecule has 138 valence electrons. The lowest BCUT2D eigenvalue weighted by Gasteiger charge is -2.22. The van der Waals surface area contributed by atoms with E-state index in [9.17, 15) is 14.4 Å². The van der Waals surface area contributed by atoms with Crippen molar-refractivity contribution >= 4 is 17.8 Å². The number of allylic oxidation sites excluding steroid dienone is 2. The van der Waals surface area contributed by atoms with Gasteiger partial charge in [-0.2, -0.15) is 0 Å².